The van der Waals surface area contributed by atoms with E-state index in [1.807, 2.05) is 0 Å². The summed E-state index contributed by atoms with van der Waals surface area (Å²) < 4.78 is 57.2. The molecule has 0 amide bonds. The number of phosphoric acid groups is 1. The van der Waals surface area contributed by atoms with Crippen molar-refractivity contribution in [1.29, 1.82) is 0 Å². The standard InChI is InChI=1S/C16H23FN5O6P/c1-5-24-13-10-12(20-15(18)21-13)22(7-19-10)14-16(4,17)11-9(26-14)6-25-29(23,28-11)27-8(2)3/h7-9,11,14H,5-6H2,1-4H3,(H2,18,20,21)/t9-,11?,14-,16?,29?/m1/s1. The number of halogens is 1. The zero-order chi connectivity index (χ0) is 21.0. The van der Waals surface area contributed by atoms with Crippen LogP contribution in [0.15, 0.2) is 6.33 Å². The molecule has 11 nitrogen and oxygen atoms in total. The summed E-state index contributed by atoms with van der Waals surface area (Å²) in [5, 5.41) is 0. The van der Waals surface area contributed by atoms with Gasteiger partial charge in [0.1, 0.15) is 12.2 Å². The number of fused-ring (bicyclic) bond motifs is 2. The maximum absolute atomic E-state index is 15.9. The van der Waals surface area contributed by atoms with E-state index in [1.54, 1.807) is 20.8 Å². The number of ether oxygens (including phenoxy) is 2. The van der Waals surface area contributed by atoms with Gasteiger partial charge in [-0.05, 0) is 27.7 Å². The van der Waals surface area contributed by atoms with Crippen LogP contribution in [0.2, 0.25) is 0 Å². The number of hydrogen-bond acceptors (Lipinski definition) is 10. The predicted molar refractivity (Wildman–Crippen MR) is 99.0 cm³/mol. The predicted octanol–water partition coefficient (Wildman–Crippen LogP) is 2.38. The number of phosphoric ester groups is 1. The first-order valence-electron chi connectivity index (χ1n) is 9.23. The second-order valence-electron chi connectivity index (χ2n) is 7.25. The Morgan fingerprint density at radius 2 is 2.24 bits per heavy atom. The van der Waals surface area contributed by atoms with Crippen molar-refractivity contribution in [1.82, 2.24) is 19.5 Å². The molecule has 0 aromatic carbocycles. The number of anilines is 1. The first kappa shape index (κ1) is 20.4. The quantitative estimate of drug-likeness (QED) is 0.704. The molecule has 5 atom stereocenters. The monoisotopic (exact) mass is 431 g/mol. The number of rotatable bonds is 5. The smallest absolute Gasteiger partial charge is 0.475 e. The fourth-order valence-corrected chi connectivity index (χ4v) is 5.11. The lowest BCUT2D eigenvalue weighted by atomic mass is 9.98. The summed E-state index contributed by atoms with van der Waals surface area (Å²) in [6.07, 6.45) is -2.20. The topological polar surface area (TPSA) is 133 Å². The third kappa shape index (κ3) is 3.49. The van der Waals surface area contributed by atoms with Crippen molar-refractivity contribution >= 4 is 24.9 Å². The first-order valence-corrected chi connectivity index (χ1v) is 10.7. The van der Waals surface area contributed by atoms with Crippen molar-refractivity contribution < 1.29 is 32.0 Å². The minimum atomic E-state index is -3.91. The third-order valence-corrected chi connectivity index (χ3v) is 6.23. The average Bonchev–Trinajstić information content (AvgIpc) is 3.13. The highest BCUT2D eigenvalue weighted by Crippen LogP contribution is 2.60. The van der Waals surface area contributed by atoms with Crippen LogP contribution in [0.1, 0.15) is 33.9 Å². The molecular formula is C16H23FN5O6P. The molecule has 2 saturated heterocycles. The Labute approximate surface area is 166 Å². The number of imidazole rings is 1. The van der Waals surface area contributed by atoms with Crippen molar-refractivity contribution in [3.8, 4) is 5.88 Å². The first-order chi connectivity index (χ1) is 13.6. The lowest BCUT2D eigenvalue weighted by Gasteiger charge is -2.34. The maximum Gasteiger partial charge on any atom is 0.475 e. The molecule has 29 heavy (non-hydrogen) atoms. The molecule has 160 valence electrons. The van der Waals surface area contributed by atoms with Gasteiger partial charge in [-0.2, -0.15) is 9.97 Å². The summed E-state index contributed by atoms with van der Waals surface area (Å²) >= 11 is 0. The van der Waals surface area contributed by atoms with Crippen LogP contribution in [0.3, 0.4) is 0 Å². The molecule has 0 spiro atoms. The van der Waals surface area contributed by atoms with Crippen LogP contribution in [0.25, 0.3) is 11.2 Å². The van der Waals surface area contributed by atoms with Crippen LogP contribution >= 0.6 is 7.82 Å². The van der Waals surface area contributed by atoms with Crippen molar-refractivity contribution in [2.75, 3.05) is 18.9 Å². The molecule has 0 bridgehead atoms. The number of hydrogen-bond donors (Lipinski definition) is 1. The average molecular weight is 431 g/mol. The van der Waals surface area contributed by atoms with Gasteiger partial charge in [0.2, 0.25) is 11.8 Å². The Morgan fingerprint density at radius 3 is 2.93 bits per heavy atom. The number of aromatic nitrogens is 4. The van der Waals surface area contributed by atoms with Crippen molar-refractivity contribution in [2.24, 2.45) is 0 Å². The van der Waals surface area contributed by atoms with Gasteiger partial charge in [0.25, 0.3) is 0 Å². The van der Waals surface area contributed by atoms with E-state index in [0.717, 1.165) is 0 Å². The van der Waals surface area contributed by atoms with Crippen LogP contribution in [0.5, 0.6) is 5.88 Å². The van der Waals surface area contributed by atoms with E-state index >= 15 is 4.39 Å². The van der Waals surface area contributed by atoms with Gasteiger partial charge in [-0.1, -0.05) is 0 Å². The highest BCUT2D eigenvalue weighted by atomic mass is 31.2. The van der Waals surface area contributed by atoms with E-state index in [0.29, 0.717) is 12.1 Å². The van der Waals surface area contributed by atoms with Gasteiger partial charge >= 0.3 is 7.82 Å². The van der Waals surface area contributed by atoms with Gasteiger partial charge in [-0.15, -0.1) is 0 Å². The molecule has 2 fully saturated rings. The molecule has 13 heteroatoms. The minimum Gasteiger partial charge on any atom is -0.476 e. The number of nitrogen functional groups attached to an aromatic ring is 1. The Morgan fingerprint density at radius 1 is 1.48 bits per heavy atom. The molecule has 0 saturated carbocycles. The fourth-order valence-electron chi connectivity index (χ4n) is 3.47. The Hall–Kier alpha value is -1.85. The lowest BCUT2D eigenvalue weighted by Crippen LogP contribution is -2.45. The molecule has 4 heterocycles. The molecule has 2 aliphatic heterocycles. The van der Waals surface area contributed by atoms with Crippen molar-refractivity contribution in [2.45, 2.75) is 57.9 Å². The van der Waals surface area contributed by atoms with Gasteiger partial charge in [-0.25, -0.2) is 13.9 Å². The minimum absolute atomic E-state index is 0.0481. The van der Waals surface area contributed by atoms with Gasteiger partial charge in [0, 0.05) is 0 Å². The normalized spacial score (nSPS) is 34.6. The maximum atomic E-state index is 15.9. The van der Waals surface area contributed by atoms with Crippen LogP contribution < -0.4 is 10.5 Å². The molecule has 2 aromatic rings. The van der Waals surface area contributed by atoms with Crippen LogP contribution in [0.4, 0.5) is 10.3 Å². The molecule has 4 rings (SSSR count). The second kappa shape index (κ2) is 7.13. The zero-order valence-electron chi connectivity index (χ0n) is 16.4. The summed E-state index contributed by atoms with van der Waals surface area (Å²) in [6.45, 7) is 6.66. The highest BCUT2D eigenvalue weighted by Gasteiger charge is 2.61. The molecule has 2 N–H and O–H groups in total. The summed E-state index contributed by atoms with van der Waals surface area (Å²) in [4.78, 5) is 12.4. The van der Waals surface area contributed by atoms with Gasteiger partial charge in [0.05, 0.1) is 25.6 Å². The van der Waals surface area contributed by atoms with E-state index in [-0.39, 0.29) is 24.1 Å². The molecule has 3 unspecified atom stereocenters. The zero-order valence-corrected chi connectivity index (χ0v) is 17.3. The largest absolute Gasteiger partial charge is 0.476 e. The molecule has 0 aliphatic carbocycles. The SMILES string of the molecule is CCOc1nc(N)nc2c1ncn2[C@@H]1O[C@@H]2COP(=O)(OC(C)C)OC2C1(C)F. The lowest BCUT2D eigenvalue weighted by molar-refractivity contribution is -0.0733. The fraction of sp³-hybridized carbons (Fsp3) is 0.688. The van der Waals surface area contributed by atoms with E-state index in [2.05, 4.69) is 15.0 Å². The van der Waals surface area contributed by atoms with Crippen LogP contribution in [-0.4, -0.2) is 56.7 Å². The Balaban J connectivity index is 1.70. The van der Waals surface area contributed by atoms with Gasteiger partial charge in [-0.3, -0.25) is 18.1 Å². The van der Waals surface area contributed by atoms with Crippen molar-refractivity contribution in [3.63, 3.8) is 0 Å². The highest BCUT2D eigenvalue weighted by molar-refractivity contribution is 7.48. The molecule has 2 aromatic heterocycles. The molecule has 2 aliphatic rings. The van der Waals surface area contributed by atoms with Gasteiger partial charge < -0.3 is 15.2 Å². The van der Waals surface area contributed by atoms with Crippen LogP contribution in [0, 0.1) is 0 Å². The summed E-state index contributed by atoms with van der Waals surface area (Å²) in [6, 6.07) is 0. The van der Waals surface area contributed by atoms with E-state index < -0.39 is 38.0 Å². The number of alkyl halides is 1. The molecular weight excluding hydrogens is 408 g/mol. The van der Waals surface area contributed by atoms with E-state index in [4.69, 9.17) is 28.8 Å². The third-order valence-electron chi connectivity index (χ3n) is 4.60. The Kier molecular flexibility index (Phi) is 5.02. The molecule has 0 radical (unpaired) electrons. The van der Waals surface area contributed by atoms with Gasteiger partial charge in [0.15, 0.2) is 23.1 Å². The van der Waals surface area contributed by atoms with Crippen molar-refractivity contribution in [3.05, 3.63) is 6.33 Å². The van der Waals surface area contributed by atoms with E-state index in [9.17, 15) is 4.57 Å². The second-order valence-corrected chi connectivity index (χ2v) is 8.82. The van der Waals surface area contributed by atoms with E-state index in [1.165, 1.54) is 17.8 Å². The summed E-state index contributed by atoms with van der Waals surface area (Å²) in [7, 11) is -3.91. The summed E-state index contributed by atoms with van der Waals surface area (Å²) in [5.74, 6) is 0.146. The number of nitrogens with zero attached hydrogens (tertiary/aromatic N) is 4. The van der Waals surface area contributed by atoms with Crippen LogP contribution in [-0.2, 0) is 22.9 Å². The number of nitrogens with two attached hydrogens (primary N) is 1. The Bertz CT molecular complexity index is 969. The summed E-state index contributed by atoms with van der Waals surface area (Å²) in [5.41, 5.74) is 4.25.